The molecule has 1 N–H and O–H groups in total. The second kappa shape index (κ2) is 5.55. The standard InChI is InChI=1S/C16H23NO2/c1-10(2)14(18)12-8-7-11(3)9-13(12)17-15(19)16(4,5)6/h7-10H,1-6H3,(H,17,19). The predicted molar refractivity (Wildman–Crippen MR) is 78.4 cm³/mol. The Morgan fingerprint density at radius 1 is 1.16 bits per heavy atom. The maximum absolute atomic E-state index is 12.2. The summed E-state index contributed by atoms with van der Waals surface area (Å²) in [5.74, 6) is -0.131. The summed E-state index contributed by atoms with van der Waals surface area (Å²) in [7, 11) is 0. The molecule has 0 radical (unpaired) electrons. The lowest BCUT2D eigenvalue weighted by Crippen LogP contribution is -2.28. The summed E-state index contributed by atoms with van der Waals surface area (Å²) in [6.07, 6.45) is 0. The molecule has 0 saturated carbocycles. The molecule has 1 rings (SSSR count). The molecule has 104 valence electrons. The average molecular weight is 261 g/mol. The van der Waals surface area contributed by atoms with Gasteiger partial charge in [0.25, 0.3) is 0 Å². The van der Waals surface area contributed by atoms with E-state index in [1.807, 2.05) is 53.7 Å². The van der Waals surface area contributed by atoms with Crippen LogP contribution >= 0.6 is 0 Å². The van der Waals surface area contributed by atoms with Crippen molar-refractivity contribution in [3.8, 4) is 0 Å². The molecule has 0 atom stereocenters. The SMILES string of the molecule is Cc1ccc(C(=O)C(C)C)c(NC(=O)C(C)(C)C)c1. The van der Waals surface area contributed by atoms with E-state index in [9.17, 15) is 9.59 Å². The number of benzene rings is 1. The maximum atomic E-state index is 12.2. The topological polar surface area (TPSA) is 46.2 Å². The zero-order valence-electron chi connectivity index (χ0n) is 12.6. The van der Waals surface area contributed by atoms with Gasteiger partial charge < -0.3 is 5.32 Å². The van der Waals surface area contributed by atoms with E-state index >= 15 is 0 Å². The molecule has 1 amide bonds. The van der Waals surface area contributed by atoms with Gasteiger partial charge in [-0.3, -0.25) is 9.59 Å². The summed E-state index contributed by atoms with van der Waals surface area (Å²) in [4.78, 5) is 24.2. The van der Waals surface area contributed by atoms with E-state index in [1.54, 1.807) is 6.07 Å². The third-order valence-corrected chi connectivity index (χ3v) is 2.89. The summed E-state index contributed by atoms with van der Waals surface area (Å²) < 4.78 is 0. The van der Waals surface area contributed by atoms with Gasteiger partial charge in [0.2, 0.25) is 5.91 Å². The second-order valence-electron chi connectivity index (χ2n) is 6.27. The smallest absolute Gasteiger partial charge is 0.229 e. The van der Waals surface area contributed by atoms with Gasteiger partial charge in [0, 0.05) is 16.9 Å². The van der Waals surface area contributed by atoms with E-state index in [4.69, 9.17) is 0 Å². The zero-order valence-corrected chi connectivity index (χ0v) is 12.6. The number of aryl methyl sites for hydroxylation is 1. The largest absolute Gasteiger partial charge is 0.325 e. The number of rotatable bonds is 3. The first-order valence-electron chi connectivity index (χ1n) is 6.59. The molecule has 1 aromatic carbocycles. The van der Waals surface area contributed by atoms with Crippen molar-refractivity contribution >= 4 is 17.4 Å². The molecule has 0 spiro atoms. The molecule has 0 aliphatic rings. The van der Waals surface area contributed by atoms with Crippen LogP contribution < -0.4 is 5.32 Å². The lowest BCUT2D eigenvalue weighted by atomic mass is 9.94. The molecule has 19 heavy (non-hydrogen) atoms. The van der Waals surface area contributed by atoms with E-state index in [0.29, 0.717) is 11.3 Å². The monoisotopic (exact) mass is 261 g/mol. The van der Waals surface area contributed by atoms with E-state index in [-0.39, 0.29) is 17.6 Å². The first kappa shape index (κ1) is 15.4. The number of nitrogens with one attached hydrogen (secondary N) is 1. The van der Waals surface area contributed by atoms with E-state index < -0.39 is 5.41 Å². The van der Waals surface area contributed by atoms with Crippen molar-refractivity contribution in [2.45, 2.75) is 41.5 Å². The Morgan fingerprint density at radius 3 is 2.21 bits per heavy atom. The Morgan fingerprint density at radius 2 is 1.74 bits per heavy atom. The van der Waals surface area contributed by atoms with Crippen molar-refractivity contribution in [3.05, 3.63) is 29.3 Å². The number of hydrogen-bond acceptors (Lipinski definition) is 2. The number of hydrogen-bond donors (Lipinski definition) is 1. The van der Waals surface area contributed by atoms with Crippen LogP contribution in [0.1, 0.15) is 50.5 Å². The van der Waals surface area contributed by atoms with Crippen molar-refractivity contribution in [2.24, 2.45) is 11.3 Å². The van der Waals surface area contributed by atoms with Crippen LogP contribution in [0.2, 0.25) is 0 Å². The fraction of sp³-hybridized carbons (Fsp3) is 0.500. The van der Waals surface area contributed by atoms with Gasteiger partial charge in [-0.1, -0.05) is 40.7 Å². The van der Waals surface area contributed by atoms with Gasteiger partial charge in [-0.15, -0.1) is 0 Å². The molecule has 0 aliphatic heterocycles. The molecule has 0 saturated heterocycles. The Balaban J connectivity index is 3.15. The van der Waals surface area contributed by atoms with Crippen molar-refractivity contribution in [2.75, 3.05) is 5.32 Å². The highest BCUT2D eigenvalue weighted by Crippen LogP contribution is 2.24. The molecule has 0 unspecified atom stereocenters. The third-order valence-electron chi connectivity index (χ3n) is 2.89. The van der Waals surface area contributed by atoms with Crippen LogP contribution in [-0.4, -0.2) is 11.7 Å². The van der Waals surface area contributed by atoms with Gasteiger partial charge in [0.1, 0.15) is 0 Å². The number of amides is 1. The van der Waals surface area contributed by atoms with E-state index in [0.717, 1.165) is 5.56 Å². The normalized spacial score (nSPS) is 11.5. The molecular weight excluding hydrogens is 238 g/mol. The van der Waals surface area contributed by atoms with E-state index in [2.05, 4.69) is 5.32 Å². The minimum absolute atomic E-state index is 0.0456. The fourth-order valence-corrected chi connectivity index (χ4v) is 1.60. The highest BCUT2D eigenvalue weighted by Gasteiger charge is 2.23. The van der Waals surface area contributed by atoms with Crippen LogP contribution in [0.4, 0.5) is 5.69 Å². The summed E-state index contributed by atoms with van der Waals surface area (Å²) in [6.45, 7) is 11.2. The zero-order chi connectivity index (χ0) is 14.8. The molecule has 0 heterocycles. The number of anilines is 1. The van der Waals surface area contributed by atoms with Crippen LogP contribution in [0.15, 0.2) is 18.2 Å². The van der Waals surface area contributed by atoms with Gasteiger partial charge >= 0.3 is 0 Å². The van der Waals surface area contributed by atoms with Gasteiger partial charge in [-0.25, -0.2) is 0 Å². The second-order valence-corrected chi connectivity index (χ2v) is 6.27. The summed E-state index contributed by atoms with van der Waals surface area (Å²) in [5, 5.41) is 2.87. The number of carbonyl (C=O) groups is 2. The molecule has 3 nitrogen and oxygen atoms in total. The minimum Gasteiger partial charge on any atom is -0.325 e. The Hall–Kier alpha value is -1.64. The Bertz CT molecular complexity index is 496. The molecule has 0 aliphatic carbocycles. The van der Waals surface area contributed by atoms with Crippen molar-refractivity contribution in [3.63, 3.8) is 0 Å². The van der Waals surface area contributed by atoms with Crippen LogP contribution in [0.3, 0.4) is 0 Å². The van der Waals surface area contributed by atoms with Crippen LogP contribution in [0, 0.1) is 18.3 Å². The summed E-state index contributed by atoms with van der Waals surface area (Å²) in [5.41, 5.74) is 1.73. The van der Waals surface area contributed by atoms with Crippen molar-refractivity contribution in [1.82, 2.24) is 0 Å². The lowest BCUT2D eigenvalue weighted by molar-refractivity contribution is -0.123. The van der Waals surface area contributed by atoms with Gasteiger partial charge in [0.15, 0.2) is 5.78 Å². The molecule has 0 bridgehead atoms. The predicted octanol–water partition coefficient (Wildman–Crippen LogP) is 3.82. The summed E-state index contributed by atoms with van der Waals surface area (Å²) in [6, 6.07) is 5.53. The number of Topliss-reactive ketones (excluding diaryl/α,β-unsaturated/α-hetero) is 1. The molecule has 1 aromatic rings. The number of ketones is 1. The lowest BCUT2D eigenvalue weighted by Gasteiger charge is -2.20. The van der Waals surface area contributed by atoms with Crippen LogP contribution in [-0.2, 0) is 4.79 Å². The maximum Gasteiger partial charge on any atom is 0.229 e. The Labute approximate surface area is 115 Å². The van der Waals surface area contributed by atoms with Crippen molar-refractivity contribution in [1.29, 1.82) is 0 Å². The highest BCUT2D eigenvalue weighted by atomic mass is 16.2. The van der Waals surface area contributed by atoms with Gasteiger partial charge in [-0.2, -0.15) is 0 Å². The highest BCUT2D eigenvalue weighted by molar-refractivity contribution is 6.06. The fourth-order valence-electron chi connectivity index (χ4n) is 1.60. The average Bonchev–Trinajstić information content (AvgIpc) is 2.27. The molecule has 3 heteroatoms. The van der Waals surface area contributed by atoms with E-state index in [1.165, 1.54) is 0 Å². The molecule has 0 fully saturated rings. The first-order chi connectivity index (χ1) is 8.62. The third kappa shape index (κ3) is 3.91. The number of carbonyl (C=O) groups excluding carboxylic acids is 2. The van der Waals surface area contributed by atoms with Crippen LogP contribution in [0.5, 0.6) is 0 Å². The minimum atomic E-state index is -0.484. The molecule has 0 aromatic heterocycles. The van der Waals surface area contributed by atoms with Gasteiger partial charge in [-0.05, 0) is 24.6 Å². The first-order valence-corrected chi connectivity index (χ1v) is 6.59. The van der Waals surface area contributed by atoms with Crippen molar-refractivity contribution < 1.29 is 9.59 Å². The molecular formula is C16H23NO2. The van der Waals surface area contributed by atoms with Crippen LogP contribution in [0.25, 0.3) is 0 Å². The quantitative estimate of drug-likeness (QED) is 0.841. The summed E-state index contributed by atoms with van der Waals surface area (Å²) >= 11 is 0. The van der Waals surface area contributed by atoms with Gasteiger partial charge in [0.05, 0.1) is 5.69 Å². The Kier molecular flexibility index (Phi) is 4.51.